The van der Waals surface area contributed by atoms with E-state index in [9.17, 15) is 13.6 Å². The van der Waals surface area contributed by atoms with E-state index in [1.54, 1.807) is 12.1 Å². The van der Waals surface area contributed by atoms with E-state index in [-0.39, 0.29) is 5.56 Å². The standard InChI is InChI=1S/C14H12F2N2O2/c1-20-13-7-9(3-5-12(13)17)18-14(19)10-4-2-8(15)6-11(10)16/h2-7H,17H2,1H3,(H,18,19). The number of hydrogen-bond acceptors (Lipinski definition) is 3. The van der Waals surface area contributed by atoms with Gasteiger partial charge in [0.1, 0.15) is 17.4 Å². The van der Waals surface area contributed by atoms with Gasteiger partial charge < -0.3 is 15.8 Å². The lowest BCUT2D eigenvalue weighted by Crippen LogP contribution is -2.14. The molecule has 0 aromatic heterocycles. The molecule has 0 heterocycles. The van der Waals surface area contributed by atoms with Gasteiger partial charge >= 0.3 is 0 Å². The zero-order chi connectivity index (χ0) is 14.7. The van der Waals surface area contributed by atoms with E-state index in [1.165, 1.54) is 13.2 Å². The molecule has 1 amide bonds. The highest BCUT2D eigenvalue weighted by Gasteiger charge is 2.13. The normalized spacial score (nSPS) is 10.2. The summed E-state index contributed by atoms with van der Waals surface area (Å²) in [5.41, 5.74) is 6.20. The molecule has 2 aromatic rings. The van der Waals surface area contributed by atoms with Gasteiger partial charge in [-0.15, -0.1) is 0 Å². The fourth-order valence-electron chi connectivity index (χ4n) is 1.66. The summed E-state index contributed by atoms with van der Waals surface area (Å²) in [6, 6.07) is 7.36. The summed E-state index contributed by atoms with van der Waals surface area (Å²) in [6.45, 7) is 0. The van der Waals surface area contributed by atoms with Crippen LogP contribution in [0.4, 0.5) is 20.2 Å². The molecule has 0 radical (unpaired) electrons. The lowest BCUT2D eigenvalue weighted by atomic mass is 10.2. The van der Waals surface area contributed by atoms with Crippen LogP contribution in [0.3, 0.4) is 0 Å². The van der Waals surface area contributed by atoms with Gasteiger partial charge in [-0.2, -0.15) is 0 Å². The molecule has 0 bridgehead atoms. The summed E-state index contributed by atoms with van der Waals surface area (Å²) in [6.07, 6.45) is 0. The fourth-order valence-corrected chi connectivity index (χ4v) is 1.66. The van der Waals surface area contributed by atoms with Crippen molar-refractivity contribution in [2.45, 2.75) is 0 Å². The zero-order valence-electron chi connectivity index (χ0n) is 10.6. The maximum atomic E-state index is 13.5. The Hall–Kier alpha value is -2.63. The van der Waals surface area contributed by atoms with Gasteiger partial charge in [0.05, 0.1) is 18.4 Å². The number of halogens is 2. The van der Waals surface area contributed by atoms with Crippen LogP contribution >= 0.6 is 0 Å². The van der Waals surface area contributed by atoms with Crippen molar-refractivity contribution in [3.63, 3.8) is 0 Å². The molecule has 4 nitrogen and oxygen atoms in total. The van der Waals surface area contributed by atoms with Gasteiger partial charge in [-0.1, -0.05) is 0 Å². The Morgan fingerprint density at radius 3 is 2.60 bits per heavy atom. The van der Waals surface area contributed by atoms with Crippen molar-refractivity contribution in [1.82, 2.24) is 0 Å². The third-order valence-corrected chi connectivity index (χ3v) is 2.67. The van der Waals surface area contributed by atoms with Crippen molar-refractivity contribution in [3.8, 4) is 5.75 Å². The number of carbonyl (C=O) groups excluding carboxylic acids is 1. The van der Waals surface area contributed by atoms with Crippen LogP contribution < -0.4 is 15.8 Å². The SMILES string of the molecule is COc1cc(NC(=O)c2ccc(F)cc2F)ccc1N. The molecular formula is C14H12F2N2O2. The number of nitrogen functional groups attached to an aromatic ring is 1. The topological polar surface area (TPSA) is 64.3 Å². The minimum Gasteiger partial charge on any atom is -0.495 e. The van der Waals surface area contributed by atoms with Gasteiger partial charge in [0.15, 0.2) is 0 Å². The van der Waals surface area contributed by atoms with Crippen LogP contribution in [0.5, 0.6) is 5.75 Å². The summed E-state index contributed by atoms with van der Waals surface area (Å²) in [5, 5.41) is 2.48. The Labute approximate surface area is 114 Å². The predicted octanol–water partition coefficient (Wildman–Crippen LogP) is 2.81. The maximum Gasteiger partial charge on any atom is 0.258 e. The second-order valence-corrected chi connectivity index (χ2v) is 4.04. The number of nitrogens with one attached hydrogen (secondary N) is 1. The highest BCUT2D eigenvalue weighted by atomic mass is 19.1. The number of anilines is 2. The van der Waals surface area contributed by atoms with Crippen LogP contribution in [0, 0.1) is 11.6 Å². The minimum absolute atomic E-state index is 0.248. The number of rotatable bonds is 3. The molecule has 0 saturated carbocycles. The first-order valence-electron chi connectivity index (χ1n) is 5.71. The predicted molar refractivity (Wildman–Crippen MR) is 71.7 cm³/mol. The Balaban J connectivity index is 2.23. The molecule has 0 unspecified atom stereocenters. The number of hydrogen-bond donors (Lipinski definition) is 2. The van der Waals surface area contributed by atoms with E-state index in [2.05, 4.69) is 5.32 Å². The average molecular weight is 278 g/mol. The molecule has 0 saturated heterocycles. The van der Waals surface area contributed by atoms with Crippen molar-refractivity contribution >= 4 is 17.3 Å². The minimum atomic E-state index is -0.926. The lowest BCUT2D eigenvalue weighted by molar-refractivity contribution is 0.102. The van der Waals surface area contributed by atoms with Crippen LogP contribution in [0.2, 0.25) is 0 Å². The molecule has 2 rings (SSSR count). The Kier molecular flexibility index (Phi) is 3.84. The van der Waals surface area contributed by atoms with E-state index in [0.29, 0.717) is 23.2 Å². The first-order valence-corrected chi connectivity index (χ1v) is 5.71. The largest absolute Gasteiger partial charge is 0.495 e. The van der Waals surface area contributed by atoms with Crippen LogP contribution in [0.25, 0.3) is 0 Å². The fraction of sp³-hybridized carbons (Fsp3) is 0.0714. The van der Waals surface area contributed by atoms with Gasteiger partial charge in [-0.3, -0.25) is 4.79 Å². The van der Waals surface area contributed by atoms with Crippen molar-refractivity contribution in [3.05, 3.63) is 53.6 Å². The van der Waals surface area contributed by atoms with Gasteiger partial charge in [0.2, 0.25) is 0 Å². The molecule has 0 aliphatic rings. The van der Waals surface area contributed by atoms with Crippen LogP contribution in [0.1, 0.15) is 10.4 Å². The van der Waals surface area contributed by atoms with Gasteiger partial charge in [-0.05, 0) is 24.3 Å². The Morgan fingerprint density at radius 2 is 1.95 bits per heavy atom. The van der Waals surface area contributed by atoms with Gasteiger partial charge in [0.25, 0.3) is 5.91 Å². The third-order valence-electron chi connectivity index (χ3n) is 2.67. The second-order valence-electron chi connectivity index (χ2n) is 4.04. The van der Waals surface area contributed by atoms with Crippen LogP contribution in [-0.4, -0.2) is 13.0 Å². The first-order chi connectivity index (χ1) is 9.51. The Bertz CT molecular complexity index is 660. The second kappa shape index (κ2) is 5.56. The number of benzene rings is 2. The molecular weight excluding hydrogens is 266 g/mol. The molecule has 6 heteroatoms. The van der Waals surface area contributed by atoms with E-state index in [1.807, 2.05) is 0 Å². The number of ether oxygens (including phenoxy) is 1. The quantitative estimate of drug-likeness (QED) is 0.848. The molecule has 3 N–H and O–H groups in total. The summed E-state index contributed by atoms with van der Waals surface area (Å²) in [7, 11) is 1.44. The van der Waals surface area contributed by atoms with E-state index >= 15 is 0 Å². The molecule has 0 aliphatic carbocycles. The van der Waals surface area contributed by atoms with Crippen molar-refractivity contribution in [2.75, 3.05) is 18.2 Å². The zero-order valence-corrected chi connectivity index (χ0v) is 10.6. The molecule has 104 valence electrons. The number of nitrogens with two attached hydrogens (primary N) is 1. The summed E-state index contributed by atoms with van der Waals surface area (Å²) < 4.78 is 31.3. The highest BCUT2D eigenvalue weighted by Crippen LogP contribution is 2.25. The summed E-state index contributed by atoms with van der Waals surface area (Å²) in [5.74, 6) is -1.96. The van der Waals surface area contributed by atoms with Crippen LogP contribution in [-0.2, 0) is 0 Å². The third kappa shape index (κ3) is 2.85. The van der Waals surface area contributed by atoms with E-state index in [4.69, 9.17) is 10.5 Å². The summed E-state index contributed by atoms with van der Waals surface area (Å²) >= 11 is 0. The first kappa shape index (κ1) is 13.8. The van der Waals surface area contributed by atoms with Gasteiger partial charge in [-0.25, -0.2) is 8.78 Å². The maximum absolute atomic E-state index is 13.5. The number of carbonyl (C=O) groups is 1. The average Bonchev–Trinajstić information content (AvgIpc) is 2.40. The highest BCUT2D eigenvalue weighted by molar-refractivity contribution is 6.04. The van der Waals surface area contributed by atoms with Gasteiger partial charge in [0, 0.05) is 17.8 Å². The van der Waals surface area contributed by atoms with Crippen molar-refractivity contribution < 1.29 is 18.3 Å². The number of methoxy groups -OCH3 is 1. The lowest BCUT2D eigenvalue weighted by Gasteiger charge is -2.09. The van der Waals surface area contributed by atoms with Crippen LogP contribution in [0.15, 0.2) is 36.4 Å². The molecule has 20 heavy (non-hydrogen) atoms. The molecule has 0 atom stereocenters. The molecule has 2 aromatic carbocycles. The molecule has 0 spiro atoms. The molecule has 0 fully saturated rings. The van der Waals surface area contributed by atoms with Crippen molar-refractivity contribution in [2.24, 2.45) is 0 Å². The van der Waals surface area contributed by atoms with E-state index in [0.717, 1.165) is 12.1 Å². The van der Waals surface area contributed by atoms with Crippen molar-refractivity contribution in [1.29, 1.82) is 0 Å². The number of amides is 1. The summed E-state index contributed by atoms with van der Waals surface area (Å²) in [4.78, 5) is 11.9. The molecule has 0 aliphatic heterocycles. The smallest absolute Gasteiger partial charge is 0.258 e. The monoisotopic (exact) mass is 278 g/mol. The Morgan fingerprint density at radius 1 is 1.20 bits per heavy atom. The van der Waals surface area contributed by atoms with E-state index < -0.39 is 17.5 Å².